The van der Waals surface area contributed by atoms with Gasteiger partial charge in [0.2, 0.25) is 5.91 Å². The fourth-order valence-electron chi connectivity index (χ4n) is 5.94. The number of hydrogen-bond acceptors (Lipinski definition) is 6. The van der Waals surface area contributed by atoms with Gasteiger partial charge in [0.25, 0.3) is 6.43 Å². The highest BCUT2D eigenvalue weighted by atomic mass is 19.3. The number of benzene rings is 1. The van der Waals surface area contributed by atoms with Crippen LogP contribution in [0.25, 0.3) is 5.57 Å². The quantitative estimate of drug-likeness (QED) is 0.312. The number of alkyl halides is 2. The Morgan fingerprint density at radius 1 is 1.23 bits per heavy atom. The van der Waals surface area contributed by atoms with Gasteiger partial charge >= 0.3 is 0 Å². The molecule has 0 bridgehead atoms. The van der Waals surface area contributed by atoms with Gasteiger partial charge in [-0.15, -0.1) is 0 Å². The predicted octanol–water partition coefficient (Wildman–Crippen LogP) is 3.16. The number of carbonyl (C=O) groups is 1. The number of rotatable bonds is 7. The molecule has 3 heterocycles. The maximum atomic E-state index is 14.5. The number of fused-ring (bicyclic) bond motifs is 1. The SMILES string of the molecule is CN=C(C1=C(NC2CCNCC2)CCN(C(C)=O)C1)N1CCCc2cc(C(=CNC)C(C)N)c(C(F)F)cc21. The van der Waals surface area contributed by atoms with Crippen LogP contribution in [0.3, 0.4) is 0 Å². The van der Waals surface area contributed by atoms with Crippen molar-refractivity contribution in [3.05, 3.63) is 46.3 Å². The summed E-state index contributed by atoms with van der Waals surface area (Å²) in [5.41, 5.74) is 11.1. The van der Waals surface area contributed by atoms with E-state index in [9.17, 15) is 13.6 Å². The largest absolute Gasteiger partial charge is 0.394 e. The molecule has 3 aliphatic rings. The summed E-state index contributed by atoms with van der Waals surface area (Å²) >= 11 is 0. The van der Waals surface area contributed by atoms with E-state index in [1.165, 1.54) is 0 Å². The third-order valence-electron chi connectivity index (χ3n) is 7.95. The summed E-state index contributed by atoms with van der Waals surface area (Å²) in [5, 5.41) is 10.1. The number of aliphatic imine (C=N–C) groups is 1. The van der Waals surface area contributed by atoms with Crippen LogP contribution >= 0.6 is 0 Å². The zero-order chi connectivity index (χ0) is 28.1. The van der Waals surface area contributed by atoms with E-state index in [4.69, 9.17) is 10.7 Å². The van der Waals surface area contributed by atoms with Crippen LogP contribution in [0.5, 0.6) is 0 Å². The number of hydrogen-bond donors (Lipinski definition) is 4. The number of carbonyl (C=O) groups excluding carboxylic acids is 1. The Morgan fingerprint density at radius 2 is 1.97 bits per heavy atom. The summed E-state index contributed by atoms with van der Waals surface area (Å²) in [6.45, 7) is 7.10. The number of piperidine rings is 1. The van der Waals surface area contributed by atoms with E-state index in [-0.39, 0.29) is 11.5 Å². The normalized spacial score (nSPS) is 20.3. The first-order chi connectivity index (χ1) is 18.7. The Morgan fingerprint density at radius 3 is 2.59 bits per heavy atom. The van der Waals surface area contributed by atoms with Crippen LogP contribution in [-0.4, -0.2) is 75.5 Å². The minimum atomic E-state index is -2.66. The lowest BCUT2D eigenvalue weighted by molar-refractivity contribution is -0.128. The van der Waals surface area contributed by atoms with E-state index in [0.717, 1.165) is 67.1 Å². The van der Waals surface area contributed by atoms with Crippen LogP contribution in [-0.2, 0) is 11.2 Å². The van der Waals surface area contributed by atoms with Gasteiger partial charge in [0.1, 0.15) is 5.84 Å². The molecule has 0 saturated carbocycles. The molecule has 1 unspecified atom stereocenters. The highest BCUT2D eigenvalue weighted by molar-refractivity contribution is 6.11. The molecule has 1 aromatic carbocycles. The Kier molecular flexibility index (Phi) is 9.61. The first-order valence-corrected chi connectivity index (χ1v) is 14.0. The van der Waals surface area contributed by atoms with E-state index in [1.54, 1.807) is 40.2 Å². The minimum Gasteiger partial charge on any atom is -0.394 e. The average Bonchev–Trinajstić information content (AvgIpc) is 2.92. The van der Waals surface area contributed by atoms with Gasteiger partial charge in [0, 0.05) is 81.3 Å². The van der Waals surface area contributed by atoms with Gasteiger partial charge < -0.3 is 31.5 Å². The van der Waals surface area contributed by atoms with Crippen molar-refractivity contribution in [3.63, 3.8) is 0 Å². The Balaban J connectivity index is 1.79. The van der Waals surface area contributed by atoms with E-state index in [1.807, 2.05) is 11.0 Å². The number of nitrogens with zero attached hydrogens (tertiary/aromatic N) is 3. The number of aryl methyl sites for hydroxylation is 1. The molecule has 0 radical (unpaired) electrons. The van der Waals surface area contributed by atoms with Gasteiger partial charge in [-0.1, -0.05) is 0 Å². The van der Waals surface area contributed by atoms with Crippen LogP contribution in [0.4, 0.5) is 14.5 Å². The summed E-state index contributed by atoms with van der Waals surface area (Å²) in [6.07, 6.45) is 3.47. The monoisotopic (exact) mass is 543 g/mol. The molecule has 1 atom stereocenters. The lowest BCUT2D eigenvalue weighted by Crippen LogP contribution is -2.47. The molecule has 3 aliphatic heterocycles. The molecule has 1 aromatic rings. The van der Waals surface area contributed by atoms with E-state index in [2.05, 4.69) is 20.9 Å². The zero-order valence-electron chi connectivity index (χ0n) is 23.6. The number of nitrogens with two attached hydrogens (primary N) is 1. The molecular formula is C29H43F2N7O. The topological polar surface area (TPSA) is 98.0 Å². The number of amidine groups is 1. The summed E-state index contributed by atoms with van der Waals surface area (Å²) in [7, 11) is 3.49. The number of halogens is 2. The van der Waals surface area contributed by atoms with Gasteiger partial charge in [-0.2, -0.15) is 0 Å². The Bertz CT molecular complexity index is 1140. The maximum absolute atomic E-state index is 14.5. The predicted molar refractivity (Wildman–Crippen MR) is 154 cm³/mol. The standard InChI is InChI=1S/C29H43F2N7O/c1-18(32)24(16-33-3)22-14-20-6-5-12-38(27(20)15-23(22)28(30)31)29(34-4)25-17-37(19(2)39)13-9-26(25)36-21-7-10-35-11-8-21/h14-16,18,21,28,33,35-36H,5-13,17,32H2,1-4H3. The first kappa shape index (κ1) is 29.0. The first-order valence-electron chi connectivity index (χ1n) is 14.0. The molecule has 10 heteroatoms. The van der Waals surface area contributed by atoms with E-state index in [0.29, 0.717) is 43.2 Å². The van der Waals surface area contributed by atoms with Gasteiger partial charge in [0.15, 0.2) is 0 Å². The second-order valence-corrected chi connectivity index (χ2v) is 10.7. The third-order valence-corrected chi connectivity index (χ3v) is 7.95. The van der Waals surface area contributed by atoms with Crippen LogP contribution in [0.1, 0.15) is 62.6 Å². The van der Waals surface area contributed by atoms with Crippen LogP contribution in [0, 0.1) is 0 Å². The second-order valence-electron chi connectivity index (χ2n) is 10.7. The summed E-state index contributed by atoms with van der Waals surface area (Å²) in [5.74, 6) is 0.761. The number of nitrogens with one attached hydrogen (secondary N) is 3. The average molecular weight is 544 g/mol. The van der Waals surface area contributed by atoms with Gasteiger partial charge in [0.05, 0.1) is 6.54 Å². The van der Waals surface area contributed by atoms with Gasteiger partial charge in [-0.05, 0) is 74.5 Å². The van der Waals surface area contributed by atoms with Crippen molar-refractivity contribution in [2.24, 2.45) is 10.7 Å². The lowest BCUT2D eigenvalue weighted by atomic mass is 9.89. The second kappa shape index (κ2) is 12.9. The van der Waals surface area contributed by atoms with Crippen molar-refractivity contribution in [2.45, 2.75) is 64.5 Å². The van der Waals surface area contributed by atoms with Crippen LogP contribution in [0.2, 0.25) is 0 Å². The molecule has 1 fully saturated rings. The van der Waals surface area contributed by atoms with Crippen molar-refractivity contribution in [2.75, 3.05) is 51.7 Å². The van der Waals surface area contributed by atoms with Crippen molar-refractivity contribution >= 4 is 23.0 Å². The highest BCUT2D eigenvalue weighted by Crippen LogP contribution is 2.39. The summed E-state index contributed by atoms with van der Waals surface area (Å²) in [6, 6.07) is 3.45. The van der Waals surface area contributed by atoms with Crippen molar-refractivity contribution in [3.8, 4) is 0 Å². The number of anilines is 1. The molecule has 1 amide bonds. The lowest BCUT2D eigenvalue weighted by Gasteiger charge is -2.39. The summed E-state index contributed by atoms with van der Waals surface area (Å²) < 4.78 is 29.0. The molecule has 4 rings (SSSR count). The van der Waals surface area contributed by atoms with E-state index >= 15 is 0 Å². The van der Waals surface area contributed by atoms with Crippen molar-refractivity contribution in [1.29, 1.82) is 0 Å². The highest BCUT2D eigenvalue weighted by Gasteiger charge is 2.32. The van der Waals surface area contributed by atoms with Crippen molar-refractivity contribution < 1.29 is 13.6 Å². The molecule has 0 aromatic heterocycles. The van der Waals surface area contributed by atoms with Gasteiger partial charge in [-0.25, -0.2) is 8.78 Å². The fraction of sp³-hybridized carbons (Fsp3) is 0.586. The molecule has 5 N–H and O–H groups in total. The Hall–Kier alpha value is -2.98. The number of amides is 1. The van der Waals surface area contributed by atoms with Crippen LogP contribution < -0.4 is 26.6 Å². The Labute approximate surface area is 230 Å². The molecule has 1 saturated heterocycles. The van der Waals surface area contributed by atoms with Crippen LogP contribution in [0.15, 0.2) is 34.6 Å². The molecule has 0 spiro atoms. The van der Waals surface area contributed by atoms with E-state index < -0.39 is 12.5 Å². The molecule has 214 valence electrons. The third kappa shape index (κ3) is 6.44. The minimum absolute atomic E-state index is 0.0206. The molecular weight excluding hydrogens is 500 g/mol. The maximum Gasteiger partial charge on any atom is 0.264 e. The zero-order valence-corrected chi connectivity index (χ0v) is 23.6. The van der Waals surface area contributed by atoms with Crippen molar-refractivity contribution in [1.82, 2.24) is 20.9 Å². The summed E-state index contributed by atoms with van der Waals surface area (Å²) in [4.78, 5) is 21.0. The molecule has 0 aliphatic carbocycles. The molecule has 8 nitrogen and oxygen atoms in total. The molecule has 39 heavy (non-hydrogen) atoms. The van der Waals surface area contributed by atoms with Gasteiger partial charge in [-0.3, -0.25) is 9.79 Å². The smallest absolute Gasteiger partial charge is 0.264 e. The fourth-order valence-corrected chi connectivity index (χ4v) is 5.94.